The summed E-state index contributed by atoms with van der Waals surface area (Å²) in [6.07, 6.45) is 2.23. The van der Waals surface area contributed by atoms with E-state index >= 15 is 0 Å². The maximum absolute atomic E-state index is 10.9. The molecule has 0 unspecified atom stereocenters. The highest BCUT2D eigenvalue weighted by Crippen LogP contribution is 2.31. The Kier molecular flexibility index (Phi) is 2.75. The number of carboxylic acid groups (broad SMARTS) is 1. The van der Waals surface area contributed by atoms with Crippen molar-refractivity contribution in [1.82, 2.24) is 0 Å². The fraction of sp³-hybridized carbons (Fsp3) is 0.750. The van der Waals surface area contributed by atoms with Gasteiger partial charge in [-0.1, -0.05) is 6.42 Å². The van der Waals surface area contributed by atoms with Gasteiger partial charge in [0.2, 0.25) is 5.60 Å². The molecule has 0 aliphatic heterocycles. The van der Waals surface area contributed by atoms with Crippen molar-refractivity contribution in [3.05, 3.63) is 0 Å². The molecule has 0 aromatic carbocycles. The van der Waals surface area contributed by atoms with Gasteiger partial charge in [-0.3, -0.25) is 0 Å². The van der Waals surface area contributed by atoms with Crippen LogP contribution in [0, 0.1) is 0 Å². The van der Waals surface area contributed by atoms with E-state index in [0.717, 1.165) is 19.3 Å². The third kappa shape index (κ3) is 2.11. The largest absolute Gasteiger partial charge is 0.478 e. The third-order valence-electron chi connectivity index (χ3n) is 2.35. The molecule has 3 N–H and O–H groups in total. The summed E-state index contributed by atoms with van der Waals surface area (Å²) in [6.45, 7) is 0. The number of carbonyl (C=O) groups excluding carboxylic acids is 1. The number of hydrogen-bond donors (Lipinski definition) is 2. The molecule has 13 heavy (non-hydrogen) atoms. The number of nitrogens with two attached hydrogens (primary N) is 1. The first-order valence-corrected chi connectivity index (χ1v) is 4.29. The van der Waals surface area contributed by atoms with Crippen LogP contribution in [0.3, 0.4) is 0 Å². The Morgan fingerprint density at radius 2 is 1.77 bits per heavy atom. The summed E-state index contributed by atoms with van der Waals surface area (Å²) in [7, 11) is 0. The number of rotatable bonds is 2. The van der Waals surface area contributed by atoms with E-state index in [1.54, 1.807) is 0 Å². The lowest BCUT2D eigenvalue weighted by molar-refractivity contribution is -0.161. The first kappa shape index (κ1) is 9.83. The number of ether oxygens (including phenoxy) is 1. The number of amides is 1. The van der Waals surface area contributed by atoms with Gasteiger partial charge in [-0.05, 0) is 25.7 Å². The molecule has 0 heterocycles. The van der Waals surface area contributed by atoms with Crippen LogP contribution in [0.2, 0.25) is 0 Å². The maximum Gasteiger partial charge on any atom is 0.405 e. The summed E-state index contributed by atoms with van der Waals surface area (Å²) in [4.78, 5) is 21.4. The van der Waals surface area contributed by atoms with Gasteiger partial charge in [0.25, 0.3) is 0 Å². The Labute approximate surface area is 75.9 Å². The molecule has 1 aliphatic carbocycles. The smallest absolute Gasteiger partial charge is 0.405 e. The number of hydrogen-bond acceptors (Lipinski definition) is 3. The summed E-state index contributed by atoms with van der Waals surface area (Å²) in [5.41, 5.74) is 3.46. The lowest BCUT2D eigenvalue weighted by Gasteiger charge is -2.31. The molecule has 0 spiro atoms. The quantitative estimate of drug-likeness (QED) is 0.671. The van der Waals surface area contributed by atoms with Crippen molar-refractivity contribution in [3.63, 3.8) is 0 Å². The molecule has 1 aliphatic rings. The molecule has 0 bridgehead atoms. The Morgan fingerprint density at radius 1 is 1.23 bits per heavy atom. The monoisotopic (exact) mass is 187 g/mol. The van der Waals surface area contributed by atoms with E-state index in [-0.39, 0.29) is 0 Å². The predicted octanol–water partition coefficient (Wildman–Crippen LogP) is 0.869. The molecule has 0 atom stereocenters. The molecule has 0 aromatic rings. The SMILES string of the molecule is NC(=O)OC1(C(=O)O)CCCCC1. The van der Waals surface area contributed by atoms with E-state index in [9.17, 15) is 9.59 Å². The van der Waals surface area contributed by atoms with E-state index in [0.29, 0.717) is 12.8 Å². The number of carboxylic acids is 1. The van der Waals surface area contributed by atoms with E-state index in [1.165, 1.54) is 0 Å². The summed E-state index contributed by atoms with van der Waals surface area (Å²) in [5, 5.41) is 8.90. The fourth-order valence-electron chi connectivity index (χ4n) is 1.68. The molecule has 1 saturated carbocycles. The van der Waals surface area contributed by atoms with Gasteiger partial charge < -0.3 is 15.6 Å². The molecule has 0 saturated heterocycles. The molecule has 5 heteroatoms. The summed E-state index contributed by atoms with van der Waals surface area (Å²) >= 11 is 0. The highest BCUT2D eigenvalue weighted by molar-refractivity contribution is 5.81. The molecular formula is C8H13NO4. The average Bonchev–Trinajstić information content (AvgIpc) is 2.04. The summed E-state index contributed by atoms with van der Waals surface area (Å²) in [5.74, 6) is -1.09. The first-order valence-electron chi connectivity index (χ1n) is 4.29. The van der Waals surface area contributed by atoms with Crippen molar-refractivity contribution in [3.8, 4) is 0 Å². The van der Waals surface area contributed by atoms with Crippen molar-refractivity contribution >= 4 is 12.1 Å². The Balaban J connectivity index is 2.73. The maximum atomic E-state index is 10.9. The van der Waals surface area contributed by atoms with E-state index in [4.69, 9.17) is 10.8 Å². The molecule has 0 radical (unpaired) electrons. The van der Waals surface area contributed by atoms with Gasteiger partial charge in [0.05, 0.1) is 0 Å². The molecule has 74 valence electrons. The second-order valence-electron chi connectivity index (χ2n) is 3.28. The van der Waals surface area contributed by atoms with Gasteiger partial charge in [0.1, 0.15) is 0 Å². The van der Waals surface area contributed by atoms with Crippen LogP contribution < -0.4 is 5.73 Å². The predicted molar refractivity (Wildman–Crippen MR) is 44.1 cm³/mol. The number of carbonyl (C=O) groups is 2. The summed E-state index contributed by atoms with van der Waals surface area (Å²) < 4.78 is 4.68. The van der Waals surface area contributed by atoms with Crippen molar-refractivity contribution in [2.75, 3.05) is 0 Å². The normalized spacial score (nSPS) is 20.6. The minimum absolute atomic E-state index is 0.366. The van der Waals surface area contributed by atoms with Crippen LogP contribution in [0.5, 0.6) is 0 Å². The van der Waals surface area contributed by atoms with Crippen molar-refractivity contribution in [2.24, 2.45) is 5.73 Å². The van der Waals surface area contributed by atoms with Gasteiger partial charge in [-0.2, -0.15) is 0 Å². The van der Waals surface area contributed by atoms with Gasteiger partial charge in [-0.15, -0.1) is 0 Å². The van der Waals surface area contributed by atoms with Gasteiger partial charge in [0.15, 0.2) is 0 Å². The van der Waals surface area contributed by atoms with Gasteiger partial charge >= 0.3 is 12.1 Å². The minimum Gasteiger partial charge on any atom is -0.478 e. The molecule has 1 rings (SSSR count). The van der Waals surface area contributed by atoms with Crippen molar-refractivity contribution in [1.29, 1.82) is 0 Å². The lowest BCUT2D eigenvalue weighted by Crippen LogP contribution is -2.46. The minimum atomic E-state index is -1.36. The van der Waals surface area contributed by atoms with E-state index in [1.807, 2.05) is 0 Å². The highest BCUT2D eigenvalue weighted by Gasteiger charge is 2.43. The zero-order valence-corrected chi connectivity index (χ0v) is 7.28. The molecular weight excluding hydrogens is 174 g/mol. The first-order chi connectivity index (χ1) is 6.07. The van der Waals surface area contributed by atoms with Crippen LogP contribution in [0.25, 0.3) is 0 Å². The van der Waals surface area contributed by atoms with Crippen molar-refractivity contribution in [2.45, 2.75) is 37.7 Å². The Morgan fingerprint density at radius 3 is 2.15 bits per heavy atom. The van der Waals surface area contributed by atoms with Gasteiger partial charge in [-0.25, -0.2) is 9.59 Å². The van der Waals surface area contributed by atoms with Crippen LogP contribution in [0.15, 0.2) is 0 Å². The average molecular weight is 187 g/mol. The Bertz CT molecular complexity index is 220. The van der Waals surface area contributed by atoms with E-state index < -0.39 is 17.7 Å². The molecule has 5 nitrogen and oxygen atoms in total. The second-order valence-corrected chi connectivity index (χ2v) is 3.28. The second kappa shape index (κ2) is 3.64. The molecule has 1 amide bonds. The van der Waals surface area contributed by atoms with Crippen molar-refractivity contribution < 1.29 is 19.4 Å². The van der Waals surface area contributed by atoms with Crippen LogP contribution in [-0.2, 0) is 9.53 Å². The number of primary amides is 1. The highest BCUT2D eigenvalue weighted by atomic mass is 16.6. The lowest BCUT2D eigenvalue weighted by atomic mass is 9.85. The zero-order chi connectivity index (χ0) is 9.90. The topological polar surface area (TPSA) is 89.6 Å². The number of aliphatic carboxylic acids is 1. The van der Waals surface area contributed by atoms with Crippen LogP contribution in [0.1, 0.15) is 32.1 Å². The molecule has 1 fully saturated rings. The van der Waals surface area contributed by atoms with Crippen LogP contribution >= 0.6 is 0 Å². The summed E-state index contributed by atoms with van der Waals surface area (Å²) in [6, 6.07) is 0. The Hall–Kier alpha value is -1.26. The standard InChI is InChI=1S/C8H13NO4/c9-7(12)13-8(6(10)11)4-2-1-3-5-8/h1-5H2,(H2,9,12)(H,10,11). The van der Waals surface area contributed by atoms with E-state index in [2.05, 4.69) is 4.74 Å². The van der Waals surface area contributed by atoms with Crippen LogP contribution in [-0.4, -0.2) is 22.8 Å². The van der Waals surface area contributed by atoms with Gasteiger partial charge in [0, 0.05) is 0 Å². The van der Waals surface area contributed by atoms with Crippen LogP contribution in [0.4, 0.5) is 4.79 Å². The zero-order valence-electron chi connectivity index (χ0n) is 7.28. The molecule has 0 aromatic heterocycles. The third-order valence-corrected chi connectivity index (χ3v) is 2.35. The fourth-order valence-corrected chi connectivity index (χ4v) is 1.68.